The molecule has 0 rings (SSSR count). The number of rotatable bonds is 5. The molecule has 5 nitrogen and oxygen atoms in total. The summed E-state index contributed by atoms with van der Waals surface area (Å²) in [4.78, 5) is 21.2. The Hall–Kier alpha value is -0.0726. The van der Waals surface area contributed by atoms with Crippen LogP contribution in [-0.4, -0.2) is 25.0 Å². The normalized spacial score (nSPS) is 11.2. The minimum atomic E-state index is -2.66. The van der Waals surface area contributed by atoms with Gasteiger partial charge in [-0.3, -0.25) is 9.59 Å². The number of carbonyl (C=O) groups excluding carboxylic acids is 2. The van der Waals surface area contributed by atoms with Crippen molar-refractivity contribution in [1.82, 2.24) is 0 Å². The van der Waals surface area contributed by atoms with Crippen molar-refractivity contribution in [2.24, 2.45) is 0 Å². The van der Waals surface area contributed by atoms with Gasteiger partial charge in [-0.05, 0) is 0 Å². The Morgan fingerprint density at radius 1 is 1.38 bits per heavy atom. The molecule has 0 amide bonds. The maximum absolute atomic E-state index is 10.7. The van der Waals surface area contributed by atoms with Crippen molar-refractivity contribution in [3.8, 4) is 0 Å². The molecule has 0 aliphatic heterocycles. The van der Waals surface area contributed by atoms with Gasteiger partial charge in [0.15, 0.2) is 5.52 Å². The zero-order valence-corrected chi connectivity index (χ0v) is 8.66. The van der Waals surface area contributed by atoms with Gasteiger partial charge >= 0.3 is 24.8 Å². The van der Waals surface area contributed by atoms with Gasteiger partial charge in [-0.1, -0.05) is 6.35 Å². The smallest absolute Gasteiger partial charge is 0.849 e. The van der Waals surface area contributed by atoms with Crippen LogP contribution in [0.5, 0.6) is 0 Å². The third-order valence-corrected chi connectivity index (χ3v) is 2.36. The van der Waals surface area contributed by atoms with Gasteiger partial charge in [0, 0.05) is 6.42 Å². The molecule has 7 heteroatoms. The molecule has 0 saturated carbocycles. The number of esters is 1. The van der Waals surface area contributed by atoms with E-state index in [0.717, 1.165) is 0 Å². The fourth-order valence-electron chi connectivity index (χ4n) is 0.538. The average molecular weight is 200 g/mol. The minimum Gasteiger partial charge on any atom is -0.849 e. The Morgan fingerprint density at radius 3 is 2.31 bits per heavy atom. The first-order chi connectivity index (χ1) is 5.61. The van der Waals surface area contributed by atoms with E-state index in [1.165, 1.54) is 7.11 Å². The van der Waals surface area contributed by atoms with Crippen molar-refractivity contribution >= 4 is 19.3 Å². The second-order valence-corrected chi connectivity index (χ2v) is 3.76. The molecular formula is C6H10LiO5P. The fraction of sp³-hybridized carbons (Fsp3) is 0.667. The van der Waals surface area contributed by atoms with Crippen LogP contribution in [0.25, 0.3) is 0 Å². The zero-order chi connectivity index (χ0) is 9.56. The molecule has 0 N–H and O–H groups in total. The van der Waals surface area contributed by atoms with Crippen molar-refractivity contribution in [3.63, 3.8) is 0 Å². The van der Waals surface area contributed by atoms with Crippen molar-refractivity contribution in [1.29, 1.82) is 0 Å². The molecule has 0 aliphatic carbocycles. The summed E-state index contributed by atoms with van der Waals surface area (Å²) in [6.45, 7) is 0. The first kappa shape index (κ1) is 15.4. The van der Waals surface area contributed by atoms with E-state index in [-0.39, 0.29) is 31.7 Å². The topological polar surface area (TPSA) is 83.5 Å². The molecule has 0 aromatic rings. The number of hydrogen-bond acceptors (Lipinski definition) is 5. The van der Waals surface area contributed by atoms with E-state index >= 15 is 0 Å². The van der Waals surface area contributed by atoms with E-state index in [0.29, 0.717) is 0 Å². The molecule has 70 valence electrons. The molecular weight excluding hydrogens is 190 g/mol. The predicted molar refractivity (Wildman–Crippen MR) is 40.1 cm³/mol. The molecule has 1 unspecified atom stereocenters. The SMILES string of the molecule is COC(=O)CCC(=O)[PH](=O)C[O-].[Li+]. The second-order valence-electron chi connectivity index (χ2n) is 2.07. The molecule has 0 aromatic carbocycles. The Kier molecular flexibility index (Phi) is 10.1. The van der Waals surface area contributed by atoms with Crippen LogP contribution in [0.3, 0.4) is 0 Å². The molecule has 0 heterocycles. The number of ether oxygens (including phenoxy) is 1. The summed E-state index contributed by atoms with van der Waals surface area (Å²) < 4.78 is 14.8. The second kappa shape index (κ2) is 8.52. The Labute approximate surface area is 88.8 Å². The van der Waals surface area contributed by atoms with Crippen LogP contribution in [0, 0.1) is 0 Å². The monoisotopic (exact) mass is 200 g/mol. The molecule has 0 spiro atoms. The summed E-state index contributed by atoms with van der Waals surface area (Å²) in [5.74, 6) is -0.538. The first-order valence-electron chi connectivity index (χ1n) is 3.32. The minimum absolute atomic E-state index is 0. The van der Waals surface area contributed by atoms with Crippen LogP contribution in [0.2, 0.25) is 0 Å². The van der Waals surface area contributed by atoms with E-state index in [4.69, 9.17) is 0 Å². The maximum atomic E-state index is 10.7. The van der Waals surface area contributed by atoms with E-state index in [1.807, 2.05) is 0 Å². The van der Waals surface area contributed by atoms with Crippen molar-refractivity contribution in [2.45, 2.75) is 12.8 Å². The van der Waals surface area contributed by atoms with Crippen molar-refractivity contribution in [3.05, 3.63) is 0 Å². The van der Waals surface area contributed by atoms with Crippen LogP contribution in [0.1, 0.15) is 12.8 Å². The third kappa shape index (κ3) is 7.03. The summed E-state index contributed by atoms with van der Waals surface area (Å²) in [6, 6.07) is 0. The van der Waals surface area contributed by atoms with Crippen molar-refractivity contribution < 1.29 is 42.9 Å². The van der Waals surface area contributed by atoms with E-state index < -0.39 is 25.6 Å². The van der Waals surface area contributed by atoms with Crippen LogP contribution in [0.15, 0.2) is 0 Å². The molecule has 0 aromatic heterocycles. The fourth-order valence-corrected chi connectivity index (χ4v) is 1.10. The Morgan fingerprint density at radius 2 is 1.92 bits per heavy atom. The summed E-state index contributed by atoms with van der Waals surface area (Å²) in [7, 11) is -1.46. The standard InChI is InChI=1S/C6H10O5P.Li/c1-11-5(8)2-3-6(9)12(10)4-7;/h12H,2-4H2,1H3;/q-1;+1. The van der Waals surface area contributed by atoms with Gasteiger partial charge in [0.25, 0.3) is 0 Å². The Bertz CT molecular complexity index is 205. The van der Waals surface area contributed by atoms with Gasteiger partial charge in [0.1, 0.15) is 7.80 Å². The summed E-state index contributed by atoms with van der Waals surface area (Å²) >= 11 is 0. The largest absolute Gasteiger partial charge is 1.00 e. The average Bonchev–Trinajstić information content (AvgIpc) is 2.11. The van der Waals surface area contributed by atoms with Crippen LogP contribution < -0.4 is 24.0 Å². The summed E-state index contributed by atoms with van der Waals surface area (Å²) in [5.41, 5.74) is -0.625. The van der Waals surface area contributed by atoms with Crippen molar-refractivity contribution in [2.75, 3.05) is 13.5 Å². The molecule has 0 saturated heterocycles. The van der Waals surface area contributed by atoms with E-state index in [9.17, 15) is 19.3 Å². The number of methoxy groups -OCH3 is 1. The van der Waals surface area contributed by atoms with Gasteiger partial charge < -0.3 is 14.4 Å². The number of carbonyl (C=O) groups is 2. The summed E-state index contributed by atoms with van der Waals surface area (Å²) in [5, 5.41) is 9.98. The van der Waals surface area contributed by atoms with E-state index in [1.54, 1.807) is 0 Å². The van der Waals surface area contributed by atoms with Gasteiger partial charge in [0.2, 0.25) is 0 Å². The Balaban J connectivity index is 0. The number of hydrogen-bond donors (Lipinski definition) is 0. The molecule has 13 heavy (non-hydrogen) atoms. The van der Waals surface area contributed by atoms with E-state index in [2.05, 4.69) is 4.74 Å². The molecule has 0 aliphatic rings. The van der Waals surface area contributed by atoms with Gasteiger partial charge in [-0.25, -0.2) is 0 Å². The van der Waals surface area contributed by atoms with Crippen LogP contribution in [0.4, 0.5) is 0 Å². The summed E-state index contributed by atoms with van der Waals surface area (Å²) in [6.07, 6.45) is -1.14. The zero-order valence-electron chi connectivity index (χ0n) is 7.66. The third-order valence-electron chi connectivity index (χ3n) is 1.23. The molecule has 0 bridgehead atoms. The quantitative estimate of drug-likeness (QED) is 0.259. The predicted octanol–water partition coefficient (Wildman–Crippen LogP) is -3.65. The van der Waals surface area contributed by atoms with Gasteiger partial charge in [0.05, 0.1) is 13.5 Å². The first-order valence-corrected chi connectivity index (χ1v) is 4.94. The maximum Gasteiger partial charge on any atom is 1.00 e. The van der Waals surface area contributed by atoms with Crippen LogP contribution in [-0.2, 0) is 18.9 Å². The van der Waals surface area contributed by atoms with Gasteiger partial charge in [-0.2, -0.15) is 0 Å². The van der Waals surface area contributed by atoms with Gasteiger partial charge in [-0.15, -0.1) is 0 Å². The molecule has 0 radical (unpaired) electrons. The molecule has 0 fully saturated rings. The molecule has 1 atom stereocenters. The van der Waals surface area contributed by atoms with Crippen LogP contribution >= 0.6 is 7.80 Å².